The van der Waals surface area contributed by atoms with Crippen molar-refractivity contribution in [2.75, 3.05) is 0 Å². The van der Waals surface area contributed by atoms with E-state index in [0.717, 1.165) is 12.3 Å². The van der Waals surface area contributed by atoms with Gasteiger partial charge in [0.25, 0.3) is 0 Å². The zero-order valence-electron chi connectivity index (χ0n) is 23.8. The van der Waals surface area contributed by atoms with Gasteiger partial charge in [0, 0.05) is 0 Å². The summed E-state index contributed by atoms with van der Waals surface area (Å²) in [6.07, 6.45) is 2.24. The van der Waals surface area contributed by atoms with Crippen LogP contribution in [0, 0.1) is 20.8 Å². The molecule has 0 saturated carbocycles. The lowest BCUT2D eigenvalue weighted by molar-refractivity contribution is 1.35. The first kappa shape index (κ1) is 25.5. The molecule has 0 N–H and O–H groups in total. The maximum Gasteiger partial charge on any atom is 0.119 e. The number of hydrogen-bond acceptors (Lipinski definition) is 0. The van der Waals surface area contributed by atoms with E-state index in [-0.39, 0.29) is 0 Å². The molecule has 0 aliphatic carbocycles. The topological polar surface area (TPSA) is 0 Å². The van der Waals surface area contributed by atoms with Gasteiger partial charge in [0.2, 0.25) is 0 Å². The standard InChI is InChI=1S/C38H34PSi/c1-25-21-26(2)38(27(3)22-25)40(4)35-16-10-9-15-34(35)39-23-30-19-17-28-11-5-7-13-32(28)36(30)37-31(24-39)20-18-29-12-6-8-14-33(29)37/h5-22H,23-24H2,1-4H3. The van der Waals surface area contributed by atoms with Gasteiger partial charge in [-0.1, -0.05) is 146 Å². The number of hydrogen-bond donors (Lipinski definition) is 0. The summed E-state index contributed by atoms with van der Waals surface area (Å²) >= 11 is 0. The highest BCUT2D eigenvalue weighted by atomic mass is 31.1. The molecule has 0 spiro atoms. The number of fused-ring (bicyclic) bond motifs is 7. The summed E-state index contributed by atoms with van der Waals surface area (Å²) in [7, 11) is -1.34. The van der Waals surface area contributed by atoms with Crippen LogP contribution in [0.15, 0.2) is 109 Å². The van der Waals surface area contributed by atoms with Crippen molar-refractivity contribution in [1.82, 2.24) is 0 Å². The number of rotatable bonds is 3. The fraction of sp³-hybridized carbons (Fsp3) is 0.158. The zero-order chi connectivity index (χ0) is 27.4. The van der Waals surface area contributed by atoms with Gasteiger partial charge in [0.05, 0.1) is 0 Å². The normalized spacial score (nSPS) is 13.4. The van der Waals surface area contributed by atoms with Crippen LogP contribution in [0.2, 0.25) is 6.55 Å². The molecule has 6 aromatic rings. The highest BCUT2D eigenvalue weighted by molar-refractivity contribution is 7.64. The smallest absolute Gasteiger partial charge is 0.0664 e. The van der Waals surface area contributed by atoms with Crippen LogP contribution in [0.3, 0.4) is 0 Å². The predicted molar refractivity (Wildman–Crippen MR) is 179 cm³/mol. The van der Waals surface area contributed by atoms with Crippen LogP contribution in [-0.4, -0.2) is 8.80 Å². The van der Waals surface area contributed by atoms with Crippen molar-refractivity contribution in [2.45, 2.75) is 39.6 Å². The lowest BCUT2D eigenvalue weighted by Gasteiger charge is -2.25. The molecule has 195 valence electrons. The maximum atomic E-state index is 2.52. The van der Waals surface area contributed by atoms with Crippen LogP contribution in [0.4, 0.5) is 0 Å². The molecule has 0 amide bonds. The van der Waals surface area contributed by atoms with E-state index in [2.05, 4.69) is 137 Å². The fourth-order valence-corrected chi connectivity index (χ4v) is 13.0. The third kappa shape index (κ3) is 4.24. The molecule has 0 atom stereocenters. The fourth-order valence-electron chi connectivity index (χ4n) is 7.10. The van der Waals surface area contributed by atoms with E-state index in [4.69, 9.17) is 0 Å². The first-order valence-corrected chi connectivity index (χ1v) is 18.0. The molecular weight excluding hydrogens is 515 g/mol. The first-order valence-electron chi connectivity index (χ1n) is 14.3. The minimum Gasteiger partial charge on any atom is -0.0664 e. The molecule has 0 bridgehead atoms. The Hall–Kier alpha value is -3.51. The van der Waals surface area contributed by atoms with Crippen molar-refractivity contribution in [3.05, 3.63) is 137 Å². The van der Waals surface area contributed by atoms with E-state index in [0.29, 0.717) is 0 Å². The van der Waals surface area contributed by atoms with E-state index in [1.54, 1.807) is 15.7 Å². The Morgan fingerprint density at radius 2 is 1.07 bits per heavy atom. The molecule has 6 aromatic carbocycles. The van der Waals surface area contributed by atoms with Crippen molar-refractivity contribution in [3.63, 3.8) is 0 Å². The monoisotopic (exact) mass is 549 g/mol. The zero-order valence-corrected chi connectivity index (χ0v) is 25.6. The number of aryl methyl sites for hydroxylation is 3. The third-order valence-corrected chi connectivity index (χ3v) is 14.2. The summed E-state index contributed by atoms with van der Waals surface area (Å²) in [6, 6.07) is 41.7. The largest absolute Gasteiger partial charge is 0.119 e. The summed E-state index contributed by atoms with van der Waals surface area (Å²) in [4.78, 5) is 0. The molecular formula is C38H34PSi. The minimum absolute atomic E-state index is 0.421. The average Bonchev–Trinajstić information content (AvgIpc) is 3.14. The second-order valence-corrected chi connectivity index (χ2v) is 15.9. The first-order chi connectivity index (χ1) is 19.5. The Balaban J connectivity index is 1.44. The second kappa shape index (κ2) is 10.1. The van der Waals surface area contributed by atoms with Crippen LogP contribution >= 0.6 is 7.92 Å². The average molecular weight is 550 g/mol. The van der Waals surface area contributed by atoms with Crippen molar-refractivity contribution in [2.24, 2.45) is 0 Å². The van der Waals surface area contributed by atoms with Gasteiger partial charge in [0.1, 0.15) is 8.80 Å². The van der Waals surface area contributed by atoms with E-state index < -0.39 is 16.7 Å². The molecule has 2 heteroatoms. The van der Waals surface area contributed by atoms with Gasteiger partial charge in [-0.05, 0) is 87.4 Å². The lowest BCUT2D eigenvalue weighted by Crippen LogP contribution is -2.48. The summed E-state index contributed by atoms with van der Waals surface area (Å²) < 4.78 is 0. The quantitative estimate of drug-likeness (QED) is 0.153. The van der Waals surface area contributed by atoms with Gasteiger partial charge < -0.3 is 0 Å². The van der Waals surface area contributed by atoms with Crippen LogP contribution in [0.5, 0.6) is 0 Å². The van der Waals surface area contributed by atoms with Gasteiger partial charge in [-0.2, -0.15) is 0 Å². The van der Waals surface area contributed by atoms with Gasteiger partial charge in [-0.3, -0.25) is 0 Å². The van der Waals surface area contributed by atoms with Crippen molar-refractivity contribution in [3.8, 4) is 11.1 Å². The highest BCUT2D eigenvalue weighted by Crippen LogP contribution is 2.52. The second-order valence-electron chi connectivity index (χ2n) is 11.4. The van der Waals surface area contributed by atoms with E-state index in [9.17, 15) is 0 Å². The van der Waals surface area contributed by atoms with Crippen molar-refractivity contribution < 1.29 is 0 Å². The van der Waals surface area contributed by atoms with E-state index >= 15 is 0 Å². The summed E-state index contributed by atoms with van der Waals surface area (Å²) in [5, 5.41) is 10.2. The molecule has 1 aliphatic heterocycles. The molecule has 0 nitrogen and oxygen atoms in total. The van der Waals surface area contributed by atoms with E-state index in [1.165, 1.54) is 60.5 Å². The highest BCUT2D eigenvalue weighted by Gasteiger charge is 2.28. The van der Waals surface area contributed by atoms with Crippen LogP contribution in [-0.2, 0) is 12.3 Å². The maximum absolute atomic E-state index is 2.52. The summed E-state index contributed by atoms with van der Waals surface area (Å²) in [5.74, 6) is 0. The SMILES string of the molecule is Cc1cc(C)c([Si](C)c2ccccc2P2Cc3ccc4ccccc4c3-c3c(ccc4ccccc34)C2)c(C)c1. The number of benzene rings is 6. The molecule has 40 heavy (non-hydrogen) atoms. The molecule has 0 saturated heterocycles. The van der Waals surface area contributed by atoms with Crippen molar-refractivity contribution in [1.29, 1.82) is 0 Å². The van der Waals surface area contributed by atoms with Crippen LogP contribution in [0.1, 0.15) is 27.8 Å². The van der Waals surface area contributed by atoms with Crippen LogP contribution < -0.4 is 15.7 Å². The van der Waals surface area contributed by atoms with Gasteiger partial charge in [-0.25, -0.2) is 0 Å². The Morgan fingerprint density at radius 3 is 1.65 bits per heavy atom. The Bertz CT molecular complexity index is 1810. The summed E-state index contributed by atoms with van der Waals surface area (Å²) in [6.45, 7) is 9.36. The molecule has 1 radical (unpaired) electrons. The molecule has 1 heterocycles. The van der Waals surface area contributed by atoms with E-state index in [1.807, 2.05) is 0 Å². The molecule has 0 unspecified atom stereocenters. The predicted octanol–water partition coefficient (Wildman–Crippen LogP) is 8.65. The molecule has 0 fully saturated rings. The lowest BCUT2D eigenvalue weighted by atomic mass is 9.88. The van der Waals surface area contributed by atoms with Crippen LogP contribution in [0.25, 0.3) is 32.7 Å². The molecule has 7 rings (SSSR count). The van der Waals surface area contributed by atoms with Gasteiger partial charge in [0.15, 0.2) is 0 Å². The van der Waals surface area contributed by atoms with Crippen molar-refractivity contribution >= 4 is 53.9 Å². The molecule has 0 aromatic heterocycles. The Morgan fingerprint density at radius 1 is 0.575 bits per heavy atom. The summed E-state index contributed by atoms with van der Waals surface area (Å²) in [5.41, 5.74) is 10.2. The van der Waals surface area contributed by atoms with Gasteiger partial charge in [-0.15, -0.1) is 0 Å². The molecule has 1 aliphatic rings. The Kier molecular flexibility index (Phi) is 6.46. The minimum atomic E-state index is -0.917. The third-order valence-electron chi connectivity index (χ3n) is 8.70. The van der Waals surface area contributed by atoms with Gasteiger partial charge >= 0.3 is 0 Å². The Labute approximate surface area is 241 Å².